The molecule has 0 bridgehead atoms. The first-order valence-corrected chi connectivity index (χ1v) is 16.4. The zero-order chi connectivity index (χ0) is 30.9. The summed E-state index contributed by atoms with van der Waals surface area (Å²) in [6, 6.07) is -1.10. The Bertz CT molecular complexity index is 1410. The number of carbonyl (C=O) groups excluding carboxylic acids is 3. The minimum Gasteiger partial charge on any atom is -0.449 e. The summed E-state index contributed by atoms with van der Waals surface area (Å²) in [4.78, 5) is 53.6. The normalized spacial score (nSPS) is 42.1. The second-order valence-corrected chi connectivity index (χ2v) is 14.6. The molecule has 3 saturated carbocycles. The lowest BCUT2D eigenvalue weighted by atomic mass is 9.44. The van der Waals surface area contributed by atoms with Gasteiger partial charge in [-0.05, 0) is 61.6 Å². The molecule has 14 heteroatoms. The molecule has 1 aromatic heterocycles. The van der Waals surface area contributed by atoms with Crippen molar-refractivity contribution >= 4 is 36.4 Å². The first-order valence-electron chi connectivity index (χ1n) is 13.9. The first kappa shape index (κ1) is 31.2. The molecule has 0 saturated heterocycles. The highest BCUT2D eigenvalue weighted by Crippen LogP contribution is 2.73. The standard InChI is InChI=1S/C28H34F3N2O7PS/c1-5-23(35)39-28(24(36)42-14-29)16(2)10-18-19-12-21(30)20-11-17(34)6-7-25(20,3)27(19,31)22(13-26(18,28)4)40-41(37,38)33-9-8-32-15-33/h6-9,11,15-16,18-19,21-22H,5,10,12-14H2,1-4H3,(H,37,38)/t16-,18+,19+,21+,22+,25+,26+,27+,28+/m1/s1. The number of nitrogens with zero attached hydrogens (tertiary/aromatic N) is 2. The van der Waals surface area contributed by atoms with Crippen LogP contribution in [0.2, 0.25) is 0 Å². The van der Waals surface area contributed by atoms with Crippen LogP contribution in [-0.2, 0) is 28.2 Å². The van der Waals surface area contributed by atoms with Gasteiger partial charge >= 0.3 is 13.7 Å². The molecule has 1 N–H and O–H groups in total. The number of hydrogen-bond acceptors (Lipinski definition) is 8. The molecule has 9 nitrogen and oxygen atoms in total. The third-order valence-electron chi connectivity index (χ3n) is 10.2. The number of esters is 1. The van der Waals surface area contributed by atoms with E-state index in [2.05, 4.69) is 4.98 Å². The van der Waals surface area contributed by atoms with E-state index in [4.69, 9.17) is 9.26 Å². The van der Waals surface area contributed by atoms with Gasteiger partial charge < -0.3 is 9.63 Å². The Hall–Kier alpha value is -2.21. The van der Waals surface area contributed by atoms with Crippen molar-refractivity contribution in [2.45, 2.75) is 76.9 Å². The minimum absolute atomic E-state index is 0.0940. The Morgan fingerprint density at radius 2 is 2.00 bits per heavy atom. The molecule has 1 aromatic rings. The van der Waals surface area contributed by atoms with E-state index in [1.54, 1.807) is 13.8 Å². The Labute approximate surface area is 245 Å². The maximum atomic E-state index is 18.3. The van der Waals surface area contributed by atoms with Gasteiger partial charge in [-0.1, -0.05) is 26.8 Å². The van der Waals surface area contributed by atoms with Gasteiger partial charge in [0, 0.05) is 41.5 Å². The van der Waals surface area contributed by atoms with Crippen LogP contribution in [0.25, 0.3) is 0 Å². The number of thioether (sulfide) groups is 1. The van der Waals surface area contributed by atoms with Crippen LogP contribution in [0, 0.1) is 28.6 Å². The molecule has 4 aliphatic rings. The average Bonchev–Trinajstić information content (AvgIpc) is 3.54. The van der Waals surface area contributed by atoms with Crippen LogP contribution in [-0.4, -0.2) is 60.6 Å². The summed E-state index contributed by atoms with van der Waals surface area (Å²) in [6.45, 7) is 6.24. The summed E-state index contributed by atoms with van der Waals surface area (Å²) in [5, 5.41) is -0.765. The summed E-state index contributed by atoms with van der Waals surface area (Å²) in [6.07, 6.45) is 2.69. The van der Waals surface area contributed by atoms with Gasteiger partial charge in [0.15, 0.2) is 17.1 Å². The van der Waals surface area contributed by atoms with Crippen LogP contribution in [0.15, 0.2) is 42.5 Å². The highest BCUT2D eigenvalue weighted by atomic mass is 32.2. The fourth-order valence-corrected chi connectivity index (χ4v) is 10.2. The van der Waals surface area contributed by atoms with E-state index in [9.17, 15) is 28.2 Å². The molecule has 10 atom stereocenters. The van der Waals surface area contributed by atoms with Crippen LogP contribution < -0.4 is 0 Å². The summed E-state index contributed by atoms with van der Waals surface area (Å²) < 4.78 is 74.0. The largest absolute Gasteiger partial charge is 0.449 e. The molecule has 1 heterocycles. The predicted octanol–water partition coefficient (Wildman–Crippen LogP) is 5.30. The number of imidazole rings is 1. The molecule has 0 amide bonds. The molecular weight excluding hydrogens is 596 g/mol. The minimum atomic E-state index is -4.82. The van der Waals surface area contributed by atoms with Crippen molar-refractivity contribution in [1.82, 2.24) is 9.32 Å². The lowest BCUT2D eigenvalue weighted by Crippen LogP contribution is -2.71. The highest BCUT2D eigenvalue weighted by molar-refractivity contribution is 8.13. The number of ketones is 1. The molecule has 0 radical (unpaired) electrons. The Morgan fingerprint density at radius 1 is 1.29 bits per heavy atom. The average molecular weight is 631 g/mol. The highest BCUT2D eigenvalue weighted by Gasteiger charge is 2.79. The van der Waals surface area contributed by atoms with Crippen molar-refractivity contribution in [3.63, 3.8) is 0 Å². The topological polar surface area (TPSA) is 125 Å². The van der Waals surface area contributed by atoms with Crippen molar-refractivity contribution in [1.29, 1.82) is 0 Å². The second kappa shape index (κ2) is 10.5. The van der Waals surface area contributed by atoms with Gasteiger partial charge in [0.1, 0.15) is 24.6 Å². The molecule has 0 aliphatic heterocycles. The predicted molar refractivity (Wildman–Crippen MR) is 147 cm³/mol. The third-order valence-corrected chi connectivity index (χ3v) is 12.3. The quantitative estimate of drug-likeness (QED) is 0.316. The lowest BCUT2D eigenvalue weighted by molar-refractivity contribution is -0.224. The van der Waals surface area contributed by atoms with Crippen molar-refractivity contribution in [2.24, 2.45) is 28.6 Å². The van der Waals surface area contributed by atoms with Gasteiger partial charge in [-0.15, -0.1) is 0 Å². The lowest BCUT2D eigenvalue weighted by Gasteiger charge is -2.63. The maximum Gasteiger partial charge on any atom is 0.437 e. The molecular formula is C28H34F3N2O7PS. The van der Waals surface area contributed by atoms with Gasteiger partial charge in [-0.25, -0.2) is 27.1 Å². The number of allylic oxidation sites excluding steroid dienone is 4. The van der Waals surface area contributed by atoms with Crippen molar-refractivity contribution in [3.8, 4) is 0 Å². The maximum absolute atomic E-state index is 18.3. The summed E-state index contributed by atoms with van der Waals surface area (Å²) in [7, 11) is -4.82. The number of carbonyl (C=O) groups is 3. The summed E-state index contributed by atoms with van der Waals surface area (Å²) in [5.74, 6) is -3.94. The summed E-state index contributed by atoms with van der Waals surface area (Å²) >= 11 is 0.331. The molecule has 0 spiro atoms. The van der Waals surface area contributed by atoms with Gasteiger partial charge in [-0.2, -0.15) is 0 Å². The van der Waals surface area contributed by atoms with E-state index in [1.165, 1.54) is 32.3 Å². The number of aromatic nitrogens is 2. The Morgan fingerprint density at radius 3 is 2.62 bits per heavy atom. The number of fused-ring (bicyclic) bond motifs is 5. The second-order valence-electron chi connectivity index (χ2n) is 12.1. The Kier molecular flexibility index (Phi) is 7.77. The molecule has 0 aromatic carbocycles. The number of alkyl halides is 3. The van der Waals surface area contributed by atoms with E-state index in [-0.39, 0.29) is 18.4 Å². The Balaban J connectivity index is 1.73. The van der Waals surface area contributed by atoms with Crippen LogP contribution in [0.4, 0.5) is 13.2 Å². The van der Waals surface area contributed by atoms with Crippen LogP contribution >= 0.6 is 19.5 Å². The van der Waals surface area contributed by atoms with E-state index >= 15 is 8.78 Å². The van der Waals surface area contributed by atoms with Gasteiger partial charge in [0.2, 0.25) is 5.12 Å². The fraction of sp³-hybridized carbons (Fsp3) is 0.643. The van der Waals surface area contributed by atoms with Crippen molar-refractivity contribution in [3.05, 3.63) is 42.5 Å². The number of hydrogen-bond donors (Lipinski definition) is 1. The SMILES string of the molecule is CCC(=O)O[C@]1(C(=O)SCF)[C@H](C)C[C@H]2[C@@H]3C[C@H](F)C4=CC(=O)C=C[C@]4(C)[C@@]3(F)[C@@H](OP(=O)(O)n3ccnc3)C[C@@]21C. The van der Waals surface area contributed by atoms with Crippen LogP contribution in [0.1, 0.15) is 53.4 Å². The van der Waals surface area contributed by atoms with Gasteiger partial charge in [0.05, 0.1) is 0 Å². The van der Waals surface area contributed by atoms with E-state index in [0.717, 1.165) is 22.8 Å². The van der Waals surface area contributed by atoms with E-state index in [0.29, 0.717) is 11.8 Å². The number of ether oxygens (including phenoxy) is 1. The van der Waals surface area contributed by atoms with Crippen LogP contribution in [0.5, 0.6) is 0 Å². The van der Waals surface area contributed by atoms with Crippen molar-refractivity contribution < 1.29 is 46.3 Å². The zero-order valence-corrected chi connectivity index (χ0v) is 25.4. The monoisotopic (exact) mass is 630 g/mol. The zero-order valence-electron chi connectivity index (χ0n) is 23.7. The molecule has 3 fully saturated rings. The smallest absolute Gasteiger partial charge is 0.437 e. The molecule has 1 unspecified atom stereocenters. The van der Waals surface area contributed by atoms with Crippen molar-refractivity contribution in [2.75, 3.05) is 6.01 Å². The molecule has 42 heavy (non-hydrogen) atoms. The number of rotatable bonds is 7. The molecule has 5 rings (SSSR count). The fourth-order valence-electron chi connectivity index (χ4n) is 8.33. The van der Waals surface area contributed by atoms with Crippen LogP contribution in [0.3, 0.4) is 0 Å². The molecule has 230 valence electrons. The first-order chi connectivity index (χ1) is 19.6. The van der Waals surface area contributed by atoms with Gasteiger partial charge in [-0.3, -0.25) is 18.9 Å². The number of halogens is 3. The summed E-state index contributed by atoms with van der Waals surface area (Å²) in [5.41, 5.74) is -7.78. The van der Waals surface area contributed by atoms with E-state index in [1.807, 2.05) is 0 Å². The molecule has 4 aliphatic carbocycles. The van der Waals surface area contributed by atoms with Gasteiger partial charge in [0.25, 0.3) is 0 Å². The van der Waals surface area contributed by atoms with E-state index < -0.39 is 95.6 Å². The third kappa shape index (κ3) is 4.17.